The van der Waals surface area contributed by atoms with Crippen molar-refractivity contribution in [1.82, 2.24) is 0 Å². The van der Waals surface area contributed by atoms with Crippen LogP contribution in [0.4, 0.5) is 11.4 Å². The summed E-state index contributed by atoms with van der Waals surface area (Å²) in [4.78, 5) is 14.0. The van der Waals surface area contributed by atoms with Crippen LogP contribution in [0.1, 0.15) is 9.67 Å². The fraction of sp³-hybridized carbons (Fsp3) is 0.105. The molecule has 0 aliphatic heterocycles. The second-order valence-corrected chi connectivity index (χ2v) is 9.18. The number of rotatable bonds is 6. The standard InChI is InChI=1S/C19H17ClN2O4S2/c1-26-16-11-14(7-8-15(16)22-28(2,24)25)21-19(23)18-10-9-17(27-18)12-3-5-13(20)6-4-12/h3-11,22H,1-2H3,(H,21,23). The summed E-state index contributed by atoms with van der Waals surface area (Å²) in [5.74, 6) is 0.0346. The zero-order valence-electron chi connectivity index (χ0n) is 15.0. The Morgan fingerprint density at radius 2 is 1.79 bits per heavy atom. The molecule has 0 unspecified atom stereocenters. The number of thiophene rings is 1. The molecule has 0 aliphatic rings. The van der Waals surface area contributed by atoms with Gasteiger partial charge in [-0.05, 0) is 42.0 Å². The Labute approximate surface area is 172 Å². The molecule has 9 heteroatoms. The molecule has 3 aromatic rings. The summed E-state index contributed by atoms with van der Waals surface area (Å²) in [6.07, 6.45) is 1.05. The molecule has 2 aromatic carbocycles. The predicted molar refractivity (Wildman–Crippen MR) is 114 cm³/mol. The lowest BCUT2D eigenvalue weighted by atomic mass is 10.2. The maximum Gasteiger partial charge on any atom is 0.265 e. The van der Waals surface area contributed by atoms with Crippen LogP contribution in [0.5, 0.6) is 5.75 Å². The quantitative estimate of drug-likeness (QED) is 0.586. The molecule has 28 heavy (non-hydrogen) atoms. The van der Waals surface area contributed by atoms with E-state index >= 15 is 0 Å². The van der Waals surface area contributed by atoms with E-state index in [-0.39, 0.29) is 5.91 Å². The molecule has 0 bridgehead atoms. The van der Waals surface area contributed by atoms with Gasteiger partial charge in [-0.25, -0.2) is 8.42 Å². The van der Waals surface area contributed by atoms with Gasteiger partial charge in [0.15, 0.2) is 0 Å². The minimum Gasteiger partial charge on any atom is -0.494 e. The first-order valence-corrected chi connectivity index (χ1v) is 11.2. The van der Waals surface area contributed by atoms with Crippen LogP contribution in [0.3, 0.4) is 0 Å². The van der Waals surface area contributed by atoms with E-state index in [2.05, 4.69) is 10.0 Å². The van der Waals surface area contributed by atoms with Gasteiger partial charge in [0.2, 0.25) is 10.0 Å². The van der Waals surface area contributed by atoms with Crippen LogP contribution in [-0.2, 0) is 10.0 Å². The average Bonchev–Trinajstić information content (AvgIpc) is 3.12. The highest BCUT2D eigenvalue weighted by Gasteiger charge is 2.13. The number of methoxy groups -OCH3 is 1. The maximum absolute atomic E-state index is 12.6. The lowest BCUT2D eigenvalue weighted by molar-refractivity contribution is 0.103. The number of benzene rings is 2. The van der Waals surface area contributed by atoms with Crippen molar-refractivity contribution in [1.29, 1.82) is 0 Å². The summed E-state index contributed by atoms with van der Waals surface area (Å²) in [7, 11) is -2.02. The zero-order valence-corrected chi connectivity index (χ0v) is 17.4. The zero-order chi connectivity index (χ0) is 20.3. The molecule has 0 fully saturated rings. The number of anilines is 2. The highest BCUT2D eigenvalue weighted by atomic mass is 35.5. The van der Waals surface area contributed by atoms with Gasteiger partial charge in [0.25, 0.3) is 5.91 Å². The molecular weight excluding hydrogens is 420 g/mol. The van der Waals surface area contributed by atoms with Crippen LogP contribution >= 0.6 is 22.9 Å². The molecule has 0 atom stereocenters. The Morgan fingerprint density at radius 1 is 1.07 bits per heavy atom. The van der Waals surface area contributed by atoms with Crippen molar-refractivity contribution in [2.45, 2.75) is 0 Å². The van der Waals surface area contributed by atoms with Gasteiger partial charge in [0.1, 0.15) is 5.75 Å². The number of carbonyl (C=O) groups is 1. The number of hydrogen-bond donors (Lipinski definition) is 2. The Morgan fingerprint density at radius 3 is 2.43 bits per heavy atom. The molecule has 1 aromatic heterocycles. The second kappa shape index (κ2) is 8.22. The summed E-state index contributed by atoms with van der Waals surface area (Å²) < 4.78 is 30.4. The molecule has 6 nitrogen and oxygen atoms in total. The number of hydrogen-bond acceptors (Lipinski definition) is 5. The number of nitrogens with one attached hydrogen (secondary N) is 2. The molecule has 0 aliphatic carbocycles. The van der Waals surface area contributed by atoms with E-state index in [9.17, 15) is 13.2 Å². The van der Waals surface area contributed by atoms with Gasteiger partial charge in [0.05, 0.1) is 23.9 Å². The number of ether oxygens (including phenoxy) is 1. The normalized spacial score (nSPS) is 11.1. The molecule has 0 radical (unpaired) electrons. The molecule has 1 amide bonds. The molecular formula is C19H17ClN2O4S2. The van der Waals surface area contributed by atoms with Crippen LogP contribution in [0.2, 0.25) is 5.02 Å². The van der Waals surface area contributed by atoms with Crippen LogP contribution in [0.25, 0.3) is 10.4 Å². The monoisotopic (exact) mass is 436 g/mol. The van der Waals surface area contributed by atoms with Gasteiger partial charge in [-0.15, -0.1) is 11.3 Å². The van der Waals surface area contributed by atoms with Gasteiger partial charge in [-0.2, -0.15) is 0 Å². The van der Waals surface area contributed by atoms with Gasteiger partial charge < -0.3 is 10.1 Å². The Kier molecular flexibility index (Phi) is 5.93. The van der Waals surface area contributed by atoms with E-state index in [1.807, 2.05) is 18.2 Å². The third-order valence-corrected chi connectivity index (χ3v) is 5.69. The highest BCUT2D eigenvalue weighted by Crippen LogP contribution is 2.31. The van der Waals surface area contributed by atoms with E-state index in [4.69, 9.17) is 16.3 Å². The van der Waals surface area contributed by atoms with E-state index in [0.29, 0.717) is 27.0 Å². The van der Waals surface area contributed by atoms with E-state index in [1.54, 1.807) is 30.3 Å². The number of halogens is 1. The summed E-state index contributed by atoms with van der Waals surface area (Å²) in [6, 6.07) is 15.7. The predicted octanol–water partition coefficient (Wildman–Crippen LogP) is 4.70. The van der Waals surface area contributed by atoms with E-state index < -0.39 is 10.0 Å². The SMILES string of the molecule is COc1cc(NC(=O)c2ccc(-c3ccc(Cl)cc3)s2)ccc1NS(C)(=O)=O. The number of carbonyl (C=O) groups excluding carboxylic acids is 1. The minimum absolute atomic E-state index is 0.268. The second-order valence-electron chi connectivity index (χ2n) is 5.91. The van der Waals surface area contributed by atoms with Crippen LogP contribution < -0.4 is 14.8 Å². The van der Waals surface area contributed by atoms with Crippen molar-refractivity contribution in [3.05, 3.63) is 64.5 Å². The first-order chi connectivity index (χ1) is 13.2. The highest BCUT2D eigenvalue weighted by molar-refractivity contribution is 7.92. The fourth-order valence-electron chi connectivity index (χ4n) is 2.47. The first-order valence-electron chi connectivity index (χ1n) is 8.08. The lowest BCUT2D eigenvalue weighted by Gasteiger charge is -2.12. The maximum atomic E-state index is 12.6. The molecule has 146 valence electrons. The Balaban J connectivity index is 1.77. The summed E-state index contributed by atoms with van der Waals surface area (Å²) in [6.45, 7) is 0. The molecule has 1 heterocycles. The van der Waals surface area contributed by atoms with Crippen molar-refractivity contribution < 1.29 is 17.9 Å². The molecule has 0 saturated heterocycles. The number of sulfonamides is 1. The summed E-state index contributed by atoms with van der Waals surface area (Å²) in [5, 5.41) is 3.44. The van der Waals surface area contributed by atoms with Crippen molar-refractivity contribution in [3.8, 4) is 16.2 Å². The van der Waals surface area contributed by atoms with Crippen molar-refractivity contribution in [2.75, 3.05) is 23.4 Å². The Bertz CT molecular complexity index is 1110. The van der Waals surface area contributed by atoms with Crippen LogP contribution in [0, 0.1) is 0 Å². The minimum atomic E-state index is -3.44. The van der Waals surface area contributed by atoms with Crippen molar-refractivity contribution in [2.24, 2.45) is 0 Å². The van der Waals surface area contributed by atoms with Crippen molar-refractivity contribution >= 4 is 50.2 Å². The van der Waals surface area contributed by atoms with Gasteiger partial charge >= 0.3 is 0 Å². The lowest BCUT2D eigenvalue weighted by Crippen LogP contribution is -2.12. The van der Waals surface area contributed by atoms with Gasteiger partial charge in [-0.1, -0.05) is 23.7 Å². The number of amides is 1. The van der Waals surface area contributed by atoms with Gasteiger partial charge in [0, 0.05) is 21.7 Å². The Hall–Kier alpha value is -2.55. The third kappa shape index (κ3) is 5.03. The van der Waals surface area contributed by atoms with Crippen molar-refractivity contribution in [3.63, 3.8) is 0 Å². The molecule has 0 saturated carbocycles. The average molecular weight is 437 g/mol. The molecule has 2 N–H and O–H groups in total. The summed E-state index contributed by atoms with van der Waals surface area (Å²) >= 11 is 7.27. The van der Waals surface area contributed by atoms with E-state index in [0.717, 1.165) is 16.7 Å². The van der Waals surface area contributed by atoms with Gasteiger partial charge in [-0.3, -0.25) is 9.52 Å². The molecule has 3 rings (SSSR count). The first kappa shape index (κ1) is 20.2. The summed E-state index contributed by atoms with van der Waals surface area (Å²) in [5.41, 5.74) is 1.76. The van der Waals surface area contributed by atoms with Crippen LogP contribution in [0.15, 0.2) is 54.6 Å². The molecule has 0 spiro atoms. The third-order valence-electron chi connectivity index (χ3n) is 3.71. The van der Waals surface area contributed by atoms with E-state index in [1.165, 1.54) is 24.5 Å². The van der Waals surface area contributed by atoms with Crippen LogP contribution in [-0.4, -0.2) is 27.7 Å². The topological polar surface area (TPSA) is 84.5 Å². The fourth-order valence-corrected chi connectivity index (χ4v) is 4.08. The smallest absolute Gasteiger partial charge is 0.265 e. The largest absolute Gasteiger partial charge is 0.494 e.